The van der Waals surface area contributed by atoms with Crippen molar-refractivity contribution in [2.24, 2.45) is 0 Å². The Labute approximate surface area is 192 Å². The quantitative estimate of drug-likeness (QED) is 0.382. The third-order valence-corrected chi connectivity index (χ3v) is 4.52. The second-order valence-electron chi connectivity index (χ2n) is 6.78. The van der Waals surface area contributed by atoms with Gasteiger partial charge in [0.05, 0.1) is 7.11 Å². The van der Waals surface area contributed by atoms with E-state index in [1.807, 2.05) is 42.5 Å². The molecule has 7 heteroatoms. The van der Waals surface area contributed by atoms with E-state index < -0.39 is 5.91 Å². The summed E-state index contributed by atoms with van der Waals surface area (Å²) in [6, 6.07) is 25.4. The van der Waals surface area contributed by atoms with E-state index in [0.717, 1.165) is 5.56 Å². The first-order valence-electron chi connectivity index (χ1n) is 10.0. The third-order valence-electron chi connectivity index (χ3n) is 4.52. The predicted octanol–water partition coefficient (Wildman–Crippen LogP) is 4.72. The standard InChI is InChI=1S/C26H21N3O4/c1-31-25-16-20(7-12-24(25)32-14-13-27)15-21(17-28)26(30)29-22-8-10-23(11-9-22)33-18-19-5-3-2-4-6-19/h2-12,15-16H,14,18H2,1H3,(H,29,30)/b21-15+. The van der Waals surface area contributed by atoms with Crippen LogP contribution >= 0.6 is 0 Å². The van der Waals surface area contributed by atoms with Gasteiger partial charge in [-0.3, -0.25) is 4.79 Å². The molecule has 0 aliphatic rings. The zero-order valence-electron chi connectivity index (χ0n) is 17.9. The molecule has 164 valence electrons. The smallest absolute Gasteiger partial charge is 0.266 e. The lowest BCUT2D eigenvalue weighted by Gasteiger charge is -2.10. The van der Waals surface area contributed by atoms with Crippen LogP contribution in [0.25, 0.3) is 6.08 Å². The molecule has 0 aliphatic carbocycles. The first-order chi connectivity index (χ1) is 16.1. The highest BCUT2D eigenvalue weighted by Gasteiger charge is 2.11. The highest BCUT2D eigenvalue weighted by Crippen LogP contribution is 2.29. The lowest BCUT2D eigenvalue weighted by atomic mass is 10.1. The Hall–Kier alpha value is -4.75. The average molecular weight is 439 g/mol. The van der Waals surface area contributed by atoms with Crippen molar-refractivity contribution in [1.29, 1.82) is 10.5 Å². The molecule has 3 aromatic rings. The van der Waals surface area contributed by atoms with E-state index >= 15 is 0 Å². The number of anilines is 1. The number of nitrogens with zero attached hydrogens (tertiary/aromatic N) is 2. The lowest BCUT2D eigenvalue weighted by Crippen LogP contribution is -2.13. The number of carbonyl (C=O) groups is 1. The SMILES string of the molecule is COc1cc(/C=C(\C#N)C(=O)Nc2ccc(OCc3ccccc3)cc2)ccc1OCC#N. The summed E-state index contributed by atoms with van der Waals surface area (Å²) in [6.07, 6.45) is 1.45. The van der Waals surface area contributed by atoms with Crippen molar-refractivity contribution in [3.8, 4) is 29.4 Å². The van der Waals surface area contributed by atoms with Gasteiger partial charge < -0.3 is 19.5 Å². The van der Waals surface area contributed by atoms with Crippen molar-refractivity contribution in [2.45, 2.75) is 6.61 Å². The molecule has 3 rings (SSSR count). The molecule has 7 nitrogen and oxygen atoms in total. The second kappa shape index (κ2) is 11.6. The highest BCUT2D eigenvalue weighted by molar-refractivity contribution is 6.09. The normalized spacial score (nSPS) is 10.5. The Morgan fingerprint density at radius 1 is 0.970 bits per heavy atom. The fraction of sp³-hybridized carbons (Fsp3) is 0.115. The van der Waals surface area contributed by atoms with Gasteiger partial charge in [-0.25, -0.2) is 0 Å². The van der Waals surface area contributed by atoms with E-state index in [0.29, 0.717) is 35.1 Å². The summed E-state index contributed by atoms with van der Waals surface area (Å²) in [6.45, 7) is 0.325. The number of amides is 1. The topological polar surface area (TPSA) is 104 Å². The number of nitrogens with one attached hydrogen (secondary N) is 1. The summed E-state index contributed by atoms with van der Waals surface area (Å²) in [4.78, 5) is 12.6. The number of hydrogen-bond acceptors (Lipinski definition) is 6. The molecule has 0 heterocycles. The monoisotopic (exact) mass is 439 g/mol. The van der Waals surface area contributed by atoms with Crippen molar-refractivity contribution >= 4 is 17.7 Å². The first kappa shape index (κ1) is 22.9. The van der Waals surface area contributed by atoms with E-state index in [4.69, 9.17) is 19.5 Å². The summed E-state index contributed by atoms with van der Waals surface area (Å²) >= 11 is 0. The molecular weight excluding hydrogens is 418 g/mol. The average Bonchev–Trinajstić information content (AvgIpc) is 2.86. The van der Waals surface area contributed by atoms with Crippen LogP contribution in [0, 0.1) is 22.7 Å². The molecule has 0 aliphatic heterocycles. The van der Waals surface area contributed by atoms with Gasteiger partial charge in [0.15, 0.2) is 18.1 Å². The van der Waals surface area contributed by atoms with Gasteiger partial charge in [-0.2, -0.15) is 10.5 Å². The van der Waals surface area contributed by atoms with Crippen LogP contribution in [0.15, 0.2) is 78.4 Å². The Balaban J connectivity index is 1.65. The Morgan fingerprint density at radius 2 is 1.73 bits per heavy atom. The summed E-state index contributed by atoms with van der Waals surface area (Å²) in [5, 5.41) is 20.8. The number of methoxy groups -OCH3 is 1. The van der Waals surface area contributed by atoms with Gasteiger partial charge in [0.25, 0.3) is 5.91 Å². The molecule has 0 fully saturated rings. The molecule has 0 bridgehead atoms. The van der Waals surface area contributed by atoms with Crippen LogP contribution in [-0.2, 0) is 11.4 Å². The number of nitriles is 2. The number of rotatable bonds is 9. The van der Waals surface area contributed by atoms with Crippen LogP contribution in [0.2, 0.25) is 0 Å². The van der Waals surface area contributed by atoms with E-state index in [1.54, 1.807) is 42.5 Å². The maximum atomic E-state index is 12.6. The van der Waals surface area contributed by atoms with Crippen LogP contribution in [0.1, 0.15) is 11.1 Å². The van der Waals surface area contributed by atoms with Crippen molar-refractivity contribution in [3.05, 3.63) is 89.5 Å². The van der Waals surface area contributed by atoms with Crippen LogP contribution in [0.4, 0.5) is 5.69 Å². The molecule has 3 aromatic carbocycles. The van der Waals surface area contributed by atoms with Gasteiger partial charge in [0.1, 0.15) is 30.1 Å². The zero-order chi connectivity index (χ0) is 23.5. The van der Waals surface area contributed by atoms with Gasteiger partial charge in [0.2, 0.25) is 0 Å². The predicted molar refractivity (Wildman–Crippen MR) is 124 cm³/mol. The Kier molecular flexibility index (Phi) is 8.05. The second-order valence-corrected chi connectivity index (χ2v) is 6.78. The molecule has 1 N–H and O–H groups in total. The molecule has 1 amide bonds. The van der Waals surface area contributed by atoms with Gasteiger partial charge in [0, 0.05) is 5.69 Å². The fourth-order valence-corrected chi connectivity index (χ4v) is 2.89. The van der Waals surface area contributed by atoms with E-state index in [9.17, 15) is 10.1 Å². The van der Waals surface area contributed by atoms with Crippen molar-refractivity contribution in [2.75, 3.05) is 19.0 Å². The number of ether oxygens (including phenoxy) is 3. The van der Waals surface area contributed by atoms with Crippen LogP contribution < -0.4 is 19.5 Å². The largest absolute Gasteiger partial charge is 0.493 e. The van der Waals surface area contributed by atoms with Crippen molar-refractivity contribution in [1.82, 2.24) is 0 Å². The zero-order valence-corrected chi connectivity index (χ0v) is 17.9. The van der Waals surface area contributed by atoms with Crippen molar-refractivity contribution in [3.63, 3.8) is 0 Å². The molecule has 0 atom stereocenters. The van der Waals surface area contributed by atoms with Gasteiger partial charge >= 0.3 is 0 Å². The molecule has 0 saturated heterocycles. The fourth-order valence-electron chi connectivity index (χ4n) is 2.89. The maximum Gasteiger partial charge on any atom is 0.266 e. The minimum Gasteiger partial charge on any atom is -0.493 e. The van der Waals surface area contributed by atoms with Gasteiger partial charge in [-0.1, -0.05) is 36.4 Å². The highest BCUT2D eigenvalue weighted by atomic mass is 16.5. The van der Waals surface area contributed by atoms with Crippen LogP contribution in [-0.4, -0.2) is 19.6 Å². The first-order valence-corrected chi connectivity index (χ1v) is 10.0. The Bertz CT molecular complexity index is 1210. The molecule has 0 aromatic heterocycles. The number of hydrogen-bond donors (Lipinski definition) is 1. The molecule has 0 radical (unpaired) electrons. The number of benzene rings is 3. The maximum absolute atomic E-state index is 12.6. The van der Waals surface area contributed by atoms with Crippen LogP contribution in [0.3, 0.4) is 0 Å². The lowest BCUT2D eigenvalue weighted by molar-refractivity contribution is -0.112. The summed E-state index contributed by atoms with van der Waals surface area (Å²) < 4.78 is 16.3. The third kappa shape index (κ3) is 6.61. The number of carbonyl (C=O) groups excluding carboxylic acids is 1. The van der Waals surface area contributed by atoms with E-state index in [2.05, 4.69) is 5.32 Å². The Morgan fingerprint density at radius 3 is 2.39 bits per heavy atom. The summed E-state index contributed by atoms with van der Waals surface area (Å²) in [7, 11) is 1.47. The molecule has 33 heavy (non-hydrogen) atoms. The minimum absolute atomic E-state index is 0.0767. The molecule has 0 unspecified atom stereocenters. The summed E-state index contributed by atoms with van der Waals surface area (Å²) in [5.74, 6) is 0.912. The summed E-state index contributed by atoms with van der Waals surface area (Å²) in [5.41, 5.74) is 2.09. The van der Waals surface area contributed by atoms with Gasteiger partial charge in [-0.05, 0) is 53.6 Å². The van der Waals surface area contributed by atoms with E-state index in [-0.39, 0.29) is 12.2 Å². The minimum atomic E-state index is -0.542. The van der Waals surface area contributed by atoms with E-state index in [1.165, 1.54) is 13.2 Å². The van der Waals surface area contributed by atoms with Gasteiger partial charge in [-0.15, -0.1) is 0 Å². The van der Waals surface area contributed by atoms with Crippen molar-refractivity contribution < 1.29 is 19.0 Å². The molecule has 0 spiro atoms. The van der Waals surface area contributed by atoms with Crippen LogP contribution in [0.5, 0.6) is 17.2 Å². The molecule has 0 saturated carbocycles. The molecular formula is C26H21N3O4.